The minimum atomic E-state index is 0.191. The highest BCUT2D eigenvalue weighted by atomic mass is 16.2. The van der Waals surface area contributed by atoms with Gasteiger partial charge in [-0.3, -0.25) is 14.8 Å². The molecule has 0 unspecified atom stereocenters. The molecule has 0 bridgehead atoms. The van der Waals surface area contributed by atoms with Crippen LogP contribution in [0.2, 0.25) is 0 Å². The van der Waals surface area contributed by atoms with Crippen LogP contribution in [0.3, 0.4) is 0 Å². The van der Waals surface area contributed by atoms with Gasteiger partial charge in [-0.2, -0.15) is 0 Å². The summed E-state index contributed by atoms with van der Waals surface area (Å²) in [6.07, 6.45) is 11.5. The molecule has 3 heterocycles. The van der Waals surface area contributed by atoms with E-state index in [0.29, 0.717) is 6.42 Å². The van der Waals surface area contributed by atoms with Crippen LogP contribution in [0.15, 0.2) is 67.1 Å². The van der Waals surface area contributed by atoms with Crippen molar-refractivity contribution < 1.29 is 4.79 Å². The van der Waals surface area contributed by atoms with Crippen molar-refractivity contribution in [3.63, 3.8) is 0 Å². The van der Waals surface area contributed by atoms with Gasteiger partial charge in [-0.15, -0.1) is 0 Å². The van der Waals surface area contributed by atoms with Crippen molar-refractivity contribution in [2.45, 2.75) is 39.0 Å². The van der Waals surface area contributed by atoms with Gasteiger partial charge in [0, 0.05) is 37.3 Å². The number of aromatic nitrogens is 2. The Morgan fingerprint density at radius 2 is 1.79 bits per heavy atom. The Kier molecular flexibility index (Phi) is 5.91. The molecule has 2 aliphatic rings. The summed E-state index contributed by atoms with van der Waals surface area (Å²) < 4.78 is 0. The molecule has 4 heteroatoms. The van der Waals surface area contributed by atoms with Crippen LogP contribution in [0.4, 0.5) is 0 Å². The highest BCUT2D eigenvalue weighted by Crippen LogP contribution is 2.38. The summed E-state index contributed by atoms with van der Waals surface area (Å²) in [6.45, 7) is 7.59. The third-order valence-electron chi connectivity index (χ3n) is 6.83. The molecule has 1 amide bonds. The van der Waals surface area contributed by atoms with Crippen molar-refractivity contribution in [3.05, 3.63) is 106 Å². The minimum absolute atomic E-state index is 0.191. The zero-order chi connectivity index (χ0) is 22.8. The predicted octanol–water partition coefficient (Wildman–Crippen LogP) is 5.19. The summed E-state index contributed by atoms with van der Waals surface area (Å²) in [4.78, 5) is 23.9. The maximum Gasteiger partial charge on any atom is 0.227 e. The van der Waals surface area contributed by atoms with Crippen molar-refractivity contribution in [3.8, 4) is 0 Å². The molecule has 3 aromatic rings. The normalized spacial score (nSPS) is 15.5. The number of carbonyl (C=O) groups excluding carboxylic acids is 1. The van der Waals surface area contributed by atoms with E-state index >= 15 is 0 Å². The Balaban J connectivity index is 1.47. The smallest absolute Gasteiger partial charge is 0.227 e. The molecule has 33 heavy (non-hydrogen) atoms. The fraction of sp³-hybridized carbons (Fsp3) is 0.276. The predicted molar refractivity (Wildman–Crippen MR) is 133 cm³/mol. The fourth-order valence-electron chi connectivity index (χ4n) is 5.05. The number of amides is 1. The number of piperidine rings is 1. The summed E-state index contributed by atoms with van der Waals surface area (Å²) in [5.74, 6) is 0.191. The van der Waals surface area contributed by atoms with Crippen molar-refractivity contribution in [2.75, 3.05) is 13.1 Å². The van der Waals surface area contributed by atoms with Gasteiger partial charge in [-0.25, -0.2) is 0 Å². The Labute approximate surface area is 195 Å². The van der Waals surface area contributed by atoms with Crippen molar-refractivity contribution in [1.82, 2.24) is 14.9 Å². The number of fused-ring (bicyclic) bond motifs is 2. The van der Waals surface area contributed by atoms with Gasteiger partial charge in [0.15, 0.2) is 0 Å². The molecule has 1 saturated heterocycles. The molecule has 0 atom stereocenters. The zero-order valence-electron chi connectivity index (χ0n) is 19.2. The first-order valence-electron chi connectivity index (χ1n) is 11.7. The number of rotatable bonds is 3. The zero-order valence-corrected chi connectivity index (χ0v) is 19.2. The number of hydrogen-bond acceptors (Lipinski definition) is 3. The molecule has 0 N–H and O–H groups in total. The second-order valence-electron chi connectivity index (χ2n) is 9.03. The first-order valence-corrected chi connectivity index (χ1v) is 11.7. The molecule has 166 valence electrons. The molecule has 0 spiro atoms. The van der Waals surface area contributed by atoms with Gasteiger partial charge in [0.25, 0.3) is 0 Å². The molecular weight excluding hydrogens is 406 g/mol. The van der Waals surface area contributed by atoms with E-state index in [2.05, 4.69) is 42.8 Å². The van der Waals surface area contributed by atoms with Gasteiger partial charge in [-0.05, 0) is 78.6 Å². The summed E-state index contributed by atoms with van der Waals surface area (Å²) in [7, 11) is 0. The van der Waals surface area contributed by atoms with Crippen LogP contribution < -0.4 is 0 Å². The lowest BCUT2D eigenvalue weighted by atomic mass is 9.88. The van der Waals surface area contributed by atoms with Crippen LogP contribution in [-0.2, 0) is 24.1 Å². The van der Waals surface area contributed by atoms with E-state index < -0.39 is 0 Å². The quantitative estimate of drug-likeness (QED) is 0.569. The van der Waals surface area contributed by atoms with E-state index in [0.717, 1.165) is 55.6 Å². The van der Waals surface area contributed by atoms with Crippen molar-refractivity contribution >= 4 is 17.6 Å². The summed E-state index contributed by atoms with van der Waals surface area (Å²) in [5.41, 5.74) is 11.2. The lowest BCUT2D eigenvalue weighted by molar-refractivity contribution is -0.130. The highest BCUT2D eigenvalue weighted by molar-refractivity contribution is 5.85. The highest BCUT2D eigenvalue weighted by Gasteiger charge is 2.26. The molecule has 1 aliphatic heterocycles. The average Bonchev–Trinajstić information content (AvgIpc) is 3.00. The van der Waals surface area contributed by atoms with Gasteiger partial charge >= 0.3 is 0 Å². The number of benzene rings is 1. The topological polar surface area (TPSA) is 46.1 Å². The van der Waals surface area contributed by atoms with Gasteiger partial charge in [-0.1, -0.05) is 42.0 Å². The second kappa shape index (κ2) is 9.14. The lowest BCUT2D eigenvalue weighted by Gasteiger charge is -2.30. The van der Waals surface area contributed by atoms with Crippen LogP contribution in [0.1, 0.15) is 51.9 Å². The van der Waals surface area contributed by atoms with Crippen LogP contribution in [0.25, 0.3) is 11.6 Å². The van der Waals surface area contributed by atoms with Crippen molar-refractivity contribution in [2.24, 2.45) is 0 Å². The van der Waals surface area contributed by atoms with Gasteiger partial charge in [0.1, 0.15) is 0 Å². The maximum absolute atomic E-state index is 12.9. The molecule has 5 rings (SSSR count). The molecule has 2 aromatic heterocycles. The van der Waals surface area contributed by atoms with E-state index in [1.807, 2.05) is 29.3 Å². The molecule has 4 nitrogen and oxygen atoms in total. The third-order valence-corrected chi connectivity index (χ3v) is 6.83. The Hall–Kier alpha value is -3.53. The lowest BCUT2D eigenvalue weighted by Crippen LogP contribution is -2.37. The second-order valence-corrected chi connectivity index (χ2v) is 9.03. The molecule has 1 aromatic carbocycles. The monoisotopic (exact) mass is 435 g/mol. The van der Waals surface area contributed by atoms with E-state index in [9.17, 15) is 4.79 Å². The Bertz CT molecular complexity index is 1230. The molecule has 0 radical (unpaired) electrons. The third kappa shape index (κ3) is 4.38. The first kappa shape index (κ1) is 21.3. The summed E-state index contributed by atoms with van der Waals surface area (Å²) >= 11 is 0. The largest absolute Gasteiger partial charge is 0.342 e. The molecule has 1 aliphatic carbocycles. The maximum atomic E-state index is 12.9. The van der Waals surface area contributed by atoms with E-state index in [4.69, 9.17) is 4.98 Å². The first-order chi connectivity index (χ1) is 16.1. The SMILES string of the molecule is C=Cc1cnc2c(c1)CCc1cc(C)ccc1C2=C1CCN(C(=O)Cc2ccncc2)CC1. The summed E-state index contributed by atoms with van der Waals surface area (Å²) in [6, 6.07) is 12.9. The number of carbonyl (C=O) groups is 1. The fourth-order valence-corrected chi connectivity index (χ4v) is 5.05. The summed E-state index contributed by atoms with van der Waals surface area (Å²) in [5, 5.41) is 0. The van der Waals surface area contributed by atoms with Gasteiger partial charge in [0.05, 0.1) is 12.1 Å². The Morgan fingerprint density at radius 3 is 2.55 bits per heavy atom. The molecule has 1 fully saturated rings. The molecular formula is C29H29N3O. The van der Waals surface area contributed by atoms with Crippen LogP contribution in [-0.4, -0.2) is 33.9 Å². The van der Waals surface area contributed by atoms with Crippen molar-refractivity contribution in [1.29, 1.82) is 0 Å². The number of pyridine rings is 2. The van der Waals surface area contributed by atoms with Crippen LogP contribution in [0, 0.1) is 6.92 Å². The number of nitrogens with zero attached hydrogens (tertiary/aromatic N) is 3. The average molecular weight is 436 g/mol. The van der Waals surface area contributed by atoms with E-state index in [1.165, 1.54) is 33.4 Å². The number of hydrogen-bond donors (Lipinski definition) is 0. The van der Waals surface area contributed by atoms with Crippen LogP contribution >= 0.6 is 0 Å². The van der Waals surface area contributed by atoms with E-state index in [1.54, 1.807) is 12.4 Å². The van der Waals surface area contributed by atoms with Crippen LogP contribution in [0.5, 0.6) is 0 Å². The number of aryl methyl sites for hydroxylation is 3. The van der Waals surface area contributed by atoms with Gasteiger partial charge < -0.3 is 4.90 Å². The standard InChI is InChI=1S/C29H29N3O/c1-3-21-17-25-6-5-24-16-20(2)4-7-26(24)28(29(25)31-19-21)23-10-14-32(15-11-23)27(33)18-22-8-12-30-13-9-22/h3-4,7-9,12-13,16-17,19H,1,5-6,10-11,14-15,18H2,2H3. The van der Waals surface area contributed by atoms with Gasteiger partial charge in [0.2, 0.25) is 5.91 Å². The van der Waals surface area contributed by atoms with E-state index in [-0.39, 0.29) is 5.91 Å². The minimum Gasteiger partial charge on any atom is -0.342 e. The molecule has 0 saturated carbocycles. The Morgan fingerprint density at radius 1 is 1.03 bits per heavy atom. The number of likely N-dealkylation sites (tertiary alicyclic amines) is 1.